The highest BCUT2D eigenvalue weighted by molar-refractivity contribution is 9.10. The molecule has 0 N–H and O–H groups in total. The standard InChI is InChI=1S/C13H10BrN3/c1-9-8-13-15-7-6-12(17(13)16-9)10-2-4-11(14)5-3-10/h2-8H,1H3. The van der Waals surface area contributed by atoms with Crippen molar-refractivity contribution < 1.29 is 0 Å². The van der Waals surface area contributed by atoms with Crippen molar-refractivity contribution in [2.24, 2.45) is 0 Å². The molecule has 0 aliphatic rings. The van der Waals surface area contributed by atoms with Crippen LogP contribution in [-0.4, -0.2) is 14.6 Å². The number of fused-ring (bicyclic) bond motifs is 1. The maximum Gasteiger partial charge on any atom is 0.155 e. The van der Waals surface area contributed by atoms with E-state index in [1.54, 1.807) is 0 Å². The zero-order valence-corrected chi connectivity index (χ0v) is 10.8. The van der Waals surface area contributed by atoms with Gasteiger partial charge in [0.15, 0.2) is 5.65 Å². The Hall–Kier alpha value is -1.68. The smallest absolute Gasteiger partial charge is 0.155 e. The lowest BCUT2D eigenvalue weighted by atomic mass is 10.1. The Bertz CT molecular complexity index is 671. The van der Waals surface area contributed by atoms with E-state index < -0.39 is 0 Å². The average Bonchev–Trinajstić information content (AvgIpc) is 2.70. The quantitative estimate of drug-likeness (QED) is 0.686. The molecule has 0 fully saturated rings. The molecule has 0 unspecified atom stereocenters. The summed E-state index contributed by atoms with van der Waals surface area (Å²) in [5, 5.41) is 4.45. The van der Waals surface area contributed by atoms with Gasteiger partial charge in [-0.2, -0.15) is 5.10 Å². The third-order valence-corrected chi connectivity index (χ3v) is 3.15. The monoisotopic (exact) mass is 287 g/mol. The molecule has 3 rings (SSSR count). The molecular weight excluding hydrogens is 278 g/mol. The molecule has 0 amide bonds. The van der Waals surface area contributed by atoms with Crippen LogP contribution < -0.4 is 0 Å². The topological polar surface area (TPSA) is 30.2 Å². The van der Waals surface area contributed by atoms with Crippen LogP contribution >= 0.6 is 15.9 Å². The van der Waals surface area contributed by atoms with E-state index in [1.807, 2.05) is 41.9 Å². The van der Waals surface area contributed by atoms with E-state index in [1.165, 1.54) is 0 Å². The van der Waals surface area contributed by atoms with Gasteiger partial charge in [0.1, 0.15) is 0 Å². The summed E-state index contributed by atoms with van der Waals surface area (Å²) in [6.07, 6.45) is 1.81. The van der Waals surface area contributed by atoms with E-state index in [4.69, 9.17) is 0 Å². The van der Waals surface area contributed by atoms with Crippen LogP contribution in [0, 0.1) is 6.92 Å². The summed E-state index contributed by atoms with van der Waals surface area (Å²) in [7, 11) is 0. The van der Waals surface area contributed by atoms with Crippen LogP contribution in [0.15, 0.2) is 47.1 Å². The molecule has 17 heavy (non-hydrogen) atoms. The van der Waals surface area contributed by atoms with Crippen molar-refractivity contribution in [3.05, 3.63) is 52.8 Å². The zero-order chi connectivity index (χ0) is 11.8. The molecule has 3 aromatic rings. The Labute approximate surface area is 107 Å². The second kappa shape index (κ2) is 3.96. The fourth-order valence-corrected chi connectivity index (χ4v) is 2.11. The average molecular weight is 288 g/mol. The lowest BCUT2D eigenvalue weighted by molar-refractivity contribution is 0.925. The van der Waals surface area contributed by atoms with Crippen molar-refractivity contribution in [1.82, 2.24) is 14.6 Å². The van der Waals surface area contributed by atoms with Gasteiger partial charge in [-0.15, -0.1) is 0 Å². The first kappa shape index (κ1) is 10.5. The number of rotatable bonds is 1. The van der Waals surface area contributed by atoms with E-state index in [9.17, 15) is 0 Å². The molecular formula is C13H10BrN3. The summed E-state index contributed by atoms with van der Waals surface area (Å²) >= 11 is 3.44. The van der Waals surface area contributed by atoms with E-state index in [2.05, 4.69) is 38.1 Å². The van der Waals surface area contributed by atoms with Crippen LogP contribution in [0.25, 0.3) is 16.9 Å². The Balaban J connectivity index is 2.26. The number of benzene rings is 1. The first-order valence-electron chi connectivity index (χ1n) is 5.31. The SMILES string of the molecule is Cc1cc2nccc(-c3ccc(Br)cc3)n2n1. The van der Waals surface area contributed by atoms with Gasteiger partial charge in [0.2, 0.25) is 0 Å². The van der Waals surface area contributed by atoms with Crippen LogP contribution in [0.4, 0.5) is 0 Å². The molecule has 0 aliphatic carbocycles. The van der Waals surface area contributed by atoms with E-state index in [0.717, 1.165) is 27.1 Å². The highest BCUT2D eigenvalue weighted by Gasteiger charge is 2.06. The number of aromatic nitrogens is 3. The zero-order valence-electron chi connectivity index (χ0n) is 9.26. The molecule has 0 atom stereocenters. The van der Waals surface area contributed by atoms with Crippen molar-refractivity contribution in [3.8, 4) is 11.3 Å². The highest BCUT2D eigenvalue weighted by atomic mass is 79.9. The summed E-state index contributed by atoms with van der Waals surface area (Å²) in [6, 6.07) is 12.1. The Kier molecular flexibility index (Phi) is 2.44. The Morgan fingerprint density at radius 3 is 2.65 bits per heavy atom. The normalized spacial score (nSPS) is 10.9. The van der Waals surface area contributed by atoms with Crippen molar-refractivity contribution in [3.63, 3.8) is 0 Å². The van der Waals surface area contributed by atoms with Gasteiger partial charge < -0.3 is 0 Å². The molecule has 0 saturated heterocycles. The molecule has 2 heterocycles. The molecule has 0 saturated carbocycles. The minimum absolute atomic E-state index is 0.878. The molecule has 0 radical (unpaired) electrons. The second-order valence-electron chi connectivity index (χ2n) is 3.89. The molecule has 1 aromatic carbocycles. The lowest BCUT2D eigenvalue weighted by Crippen LogP contribution is -1.95. The van der Waals surface area contributed by atoms with Crippen molar-refractivity contribution >= 4 is 21.6 Å². The summed E-state index contributed by atoms with van der Waals surface area (Å²) in [5.74, 6) is 0. The molecule has 0 aliphatic heterocycles. The summed E-state index contributed by atoms with van der Waals surface area (Å²) in [4.78, 5) is 4.30. The van der Waals surface area contributed by atoms with E-state index in [0.29, 0.717) is 0 Å². The van der Waals surface area contributed by atoms with Gasteiger partial charge in [-0.25, -0.2) is 9.50 Å². The molecule has 0 bridgehead atoms. The summed E-state index contributed by atoms with van der Waals surface area (Å²) in [5.41, 5.74) is 4.03. The maximum atomic E-state index is 4.45. The minimum atomic E-state index is 0.878. The largest absolute Gasteiger partial charge is 0.237 e. The maximum absolute atomic E-state index is 4.45. The first-order valence-corrected chi connectivity index (χ1v) is 6.11. The number of hydrogen-bond acceptors (Lipinski definition) is 2. The van der Waals surface area contributed by atoms with Crippen LogP contribution in [0.3, 0.4) is 0 Å². The molecule has 84 valence electrons. The van der Waals surface area contributed by atoms with Gasteiger partial charge in [-0.1, -0.05) is 28.1 Å². The predicted molar refractivity (Wildman–Crippen MR) is 70.9 cm³/mol. The molecule has 2 aromatic heterocycles. The van der Waals surface area contributed by atoms with Gasteiger partial charge in [0.25, 0.3) is 0 Å². The van der Waals surface area contributed by atoms with Crippen molar-refractivity contribution in [2.45, 2.75) is 6.92 Å². The van der Waals surface area contributed by atoms with E-state index in [-0.39, 0.29) is 0 Å². The third-order valence-electron chi connectivity index (χ3n) is 2.62. The minimum Gasteiger partial charge on any atom is -0.237 e. The Morgan fingerprint density at radius 1 is 1.12 bits per heavy atom. The van der Waals surface area contributed by atoms with Gasteiger partial charge in [-0.05, 0) is 25.1 Å². The fraction of sp³-hybridized carbons (Fsp3) is 0.0769. The molecule has 4 heteroatoms. The van der Waals surface area contributed by atoms with Crippen LogP contribution in [0.1, 0.15) is 5.69 Å². The van der Waals surface area contributed by atoms with Crippen molar-refractivity contribution in [1.29, 1.82) is 0 Å². The number of hydrogen-bond donors (Lipinski definition) is 0. The second-order valence-corrected chi connectivity index (χ2v) is 4.81. The highest BCUT2D eigenvalue weighted by Crippen LogP contribution is 2.22. The van der Waals surface area contributed by atoms with Crippen LogP contribution in [0.5, 0.6) is 0 Å². The van der Waals surface area contributed by atoms with Crippen LogP contribution in [-0.2, 0) is 0 Å². The number of nitrogens with zero attached hydrogens (tertiary/aromatic N) is 3. The van der Waals surface area contributed by atoms with Gasteiger partial charge in [0.05, 0.1) is 11.4 Å². The fourth-order valence-electron chi connectivity index (χ4n) is 1.85. The van der Waals surface area contributed by atoms with Crippen molar-refractivity contribution in [2.75, 3.05) is 0 Å². The summed E-state index contributed by atoms with van der Waals surface area (Å²) in [6.45, 7) is 1.97. The van der Waals surface area contributed by atoms with Gasteiger partial charge in [0, 0.05) is 22.3 Å². The first-order chi connectivity index (χ1) is 8.24. The predicted octanol–water partition coefficient (Wildman–Crippen LogP) is 3.47. The molecule has 0 spiro atoms. The van der Waals surface area contributed by atoms with Gasteiger partial charge in [-0.3, -0.25) is 0 Å². The molecule has 3 nitrogen and oxygen atoms in total. The van der Waals surface area contributed by atoms with Gasteiger partial charge >= 0.3 is 0 Å². The third kappa shape index (κ3) is 1.85. The summed E-state index contributed by atoms with van der Waals surface area (Å²) < 4.78 is 2.95. The van der Waals surface area contributed by atoms with E-state index >= 15 is 0 Å². The number of halogens is 1. The lowest BCUT2D eigenvalue weighted by Gasteiger charge is -2.04. The Morgan fingerprint density at radius 2 is 1.88 bits per heavy atom. The number of aryl methyl sites for hydroxylation is 1. The van der Waals surface area contributed by atoms with Crippen LogP contribution in [0.2, 0.25) is 0 Å².